The molecule has 5 heteroatoms. The van der Waals surface area contributed by atoms with Crippen molar-refractivity contribution in [1.82, 2.24) is 4.90 Å². The van der Waals surface area contributed by atoms with Crippen LogP contribution in [0, 0.1) is 0 Å². The zero-order valence-corrected chi connectivity index (χ0v) is 10.2. The Bertz CT molecular complexity index is 373. The lowest BCUT2D eigenvalue weighted by atomic mass is 10.1. The molecular formula is C13H18F2N2O. The zero-order valence-electron chi connectivity index (χ0n) is 10.2. The summed E-state index contributed by atoms with van der Waals surface area (Å²) in [5, 5.41) is 0. The Morgan fingerprint density at radius 1 is 1.33 bits per heavy atom. The first kappa shape index (κ1) is 13.4. The molecule has 0 radical (unpaired) electrons. The van der Waals surface area contributed by atoms with E-state index < -0.39 is 18.6 Å². The SMILES string of the molecule is NCC(F)(F)C1CN(Cc2ccccc2)CCO1. The molecule has 1 aliphatic heterocycles. The Morgan fingerprint density at radius 2 is 2.06 bits per heavy atom. The number of halogens is 2. The van der Waals surface area contributed by atoms with E-state index in [-0.39, 0.29) is 6.54 Å². The lowest BCUT2D eigenvalue weighted by molar-refractivity contribution is -0.162. The largest absolute Gasteiger partial charge is 0.369 e. The molecule has 100 valence electrons. The third kappa shape index (κ3) is 3.25. The minimum atomic E-state index is -2.95. The van der Waals surface area contributed by atoms with E-state index >= 15 is 0 Å². The summed E-state index contributed by atoms with van der Waals surface area (Å²) in [6.45, 7) is 1.22. The maximum atomic E-state index is 13.5. The van der Waals surface area contributed by atoms with Crippen LogP contribution in [-0.4, -0.2) is 43.2 Å². The lowest BCUT2D eigenvalue weighted by Gasteiger charge is -2.36. The average molecular weight is 256 g/mol. The number of rotatable bonds is 4. The first-order chi connectivity index (χ1) is 8.62. The molecular weight excluding hydrogens is 238 g/mol. The summed E-state index contributed by atoms with van der Waals surface area (Å²) in [6, 6.07) is 9.81. The molecule has 1 saturated heterocycles. The second-order valence-electron chi connectivity index (χ2n) is 4.55. The highest BCUT2D eigenvalue weighted by molar-refractivity contribution is 5.14. The number of morpholine rings is 1. The first-order valence-corrected chi connectivity index (χ1v) is 6.07. The Hall–Kier alpha value is -1.04. The molecule has 0 aromatic heterocycles. The minimum absolute atomic E-state index is 0.221. The summed E-state index contributed by atoms with van der Waals surface area (Å²) in [7, 11) is 0. The van der Waals surface area contributed by atoms with Crippen molar-refractivity contribution in [3.63, 3.8) is 0 Å². The fourth-order valence-electron chi connectivity index (χ4n) is 2.07. The molecule has 3 nitrogen and oxygen atoms in total. The standard InChI is InChI=1S/C13H18F2N2O/c14-13(15,10-16)12-9-17(6-7-18-12)8-11-4-2-1-3-5-11/h1-5,12H,6-10,16H2. The summed E-state index contributed by atoms with van der Waals surface area (Å²) >= 11 is 0. The molecule has 1 atom stereocenters. The Labute approximate surface area is 106 Å². The maximum Gasteiger partial charge on any atom is 0.286 e. The van der Waals surface area contributed by atoms with Gasteiger partial charge in [0.05, 0.1) is 13.2 Å². The zero-order chi connectivity index (χ0) is 13.0. The van der Waals surface area contributed by atoms with Gasteiger partial charge in [0.2, 0.25) is 0 Å². The van der Waals surface area contributed by atoms with Gasteiger partial charge in [-0.15, -0.1) is 0 Å². The summed E-state index contributed by atoms with van der Waals surface area (Å²) < 4.78 is 32.1. The van der Waals surface area contributed by atoms with E-state index in [0.29, 0.717) is 19.7 Å². The molecule has 0 aliphatic carbocycles. The van der Waals surface area contributed by atoms with E-state index in [0.717, 1.165) is 5.56 Å². The highest BCUT2D eigenvalue weighted by atomic mass is 19.3. The predicted octanol–water partition coefficient (Wildman–Crippen LogP) is 1.48. The van der Waals surface area contributed by atoms with Gasteiger partial charge < -0.3 is 10.5 Å². The molecule has 0 amide bonds. The molecule has 1 heterocycles. The van der Waals surface area contributed by atoms with E-state index in [9.17, 15) is 8.78 Å². The monoisotopic (exact) mass is 256 g/mol. The van der Waals surface area contributed by atoms with E-state index in [2.05, 4.69) is 0 Å². The van der Waals surface area contributed by atoms with Gasteiger partial charge in [-0.25, -0.2) is 8.78 Å². The van der Waals surface area contributed by atoms with Crippen molar-refractivity contribution in [2.75, 3.05) is 26.2 Å². The molecule has 0 saturated carbocycles. The van der Waals surface area contributed by atoms with E-state index in [1.54, 1.807) is 0 Å². The summed E-state index contributed by atoms with van der Waals surface area (Å²) in [6.07, 6.45) is -1.10. The van der Waals surface area contributed by atoms with Crippen LogP contribution in [0.5, 0.6) is 0 Å². The van der Waals surface area contributed by atoms with Gasteiger partial charge in [0.15, 0.2) is 0 Å². The Balaban J connectivity index is 1.95. The second-order valence-corrected chi connectivity index (χ2v) is 4.55. The second kappa shape index (κ2) is 5.73. The summed E-state index contributed by atoms with van der Waals surface area (Å²) in [4.78, 5) is 1.98. The number of hydrogen-bond acceptors (Lipinski definition) is 3. The molecule has 2 rings (SSSR count). The number of nitrogens with two attached hydrogens (primary N) is 1. The van der Waals surface area contributed by atoms with Crippen LogP contribution < -0.4 is 5.73 Å². The van der Waals surface area contributed by atoms with Gasteiger partial charge in [-0.2, -0.15) is 0 Å². The minimum Gasteiger partial charge on any atom is -0.369 e. The van der Waals surface area contributed by atoms with Crippen molar-refractivity contribution in [2.24, 2.45) is 5.73 Å². The summed E-state index contributed by atoms with van der Waals surface area (Å²) in [5.74, 6) is -2.95. The van der Waals surface area contributed by atoms with Gasteiger partial charge in [-0.1, -0.05) is 30.3 Å². The molecule has 1 unspecified atom stereocenters. The summed E-state index contributed by atoms with van der Waals surface area (Å²) in [5.41, 5.74) is 6.21. The van der Waals surface area contributed by atoms with Crippen molar-refractivity contribution in [3.8, 4) is 0 Å². The van der Waals surface area contributed by atoms with Crippen molar-refractivity contribution in [3.05, 3.63) is 35.9 Å². The molecule has 2 N–H and O–H groups in total. The van der Waals surface area contributed by atoms with Gasteiger partial charge in [0.25, 0.3) is 5.92 Å². The van der Waals surface area contributed by atoms with Crippen molar-refractivity contribution >= 4 is 0 Å². The van der Waals surface area contributed by atoms with E-state index in [4.69, 9.17) is 10.5 Å². The molecule has 18 heavy (non-hydrogen) atoms. The number of hydrogen-bond donors (Lipinski definition) is 1. The molecule has 1 fully saturated rings. The van der Waals surface area contributed by atoms with Crippen LogP contribution in [0.4, 0.5) is 8.78 Å². The van der Waals surface area contributed by atoms with Gasteiger partial charge in [0.1, 0.15) is 6.10 Å². The smallest absolute Gasteiger partial charge is 0.286 e. The van der Waals surface area contributed by atoms with Gasteiger partial charge in [-0.3, -0.25) is 4.90 Å². The van der Waals surface area contributed by atoms with Crippen LogP contribution in [-0.2, 0) is 11.3 Å². The Kier molecular flexibility index (Phi) is 4.27. The van der Waals surface area contributed by atoms with E-state index in [1.807, 2.05) is 35.2 Å². The highest BCUT2D eigenvalue weighted by Gasteiger charge is 2.41. The molecule has 1 aliphatic rings. The topological polar surface area (TPSA) is 38.5 Å². The molecule has 1 aromatic carbocycles. The fourth-order valence-corrected chi connectivity index (χ4v) is 2.07. The average Bonchev–Trinajstić information content (AvgIpc) is 2.40. The quantitative estimate of drug-likeness (QED) is 0.887. The third-order valence-electron chi connectivity index (χ3n) is 3.14. The molecule has 1 aromatic rings. The van der Waals surface area contributed by atoms with Crippen molar-refractivity contribution in [2.45, 2.75) is 18.6 Å². The normalized spacial score (nSPS) is 22.1. The first-order valence-electron chi connectivity index (χ1n) is 6.07. The highest BCUT2D eigenvalue weighted by Crippen LogP contribution is 2.24. The van der Waals surface area contributed by atoms with Crippen LogP contribution in [0.2, 0.25) is 0 Å². The number of ether oxygens (including phenoxy) is 1. The van der Waals surface area contributed by atoms with Gasteiger partial charge in [0, 0.05) is 19.6 Å². The van der Waals surface area contributed by atoms with Crippen LogP contribution in [0.3, 0.4) is 0 Å². The number of nitrogens with zero attached hydrogens (tertiary/aromatic N) is 1. The van der Waals surface area contributed by atoms with Crippen LogP contribution in [0.1, 0.15) is 5.56 Å². The maximum absolute atomic E-state index is 13.5. The van der Waals surface area contributed by atoms with Crippen molar-refractivity contribution in [1.29, 1.82) is 0 Å². The molecule has 0 bridgehead atoms. The van der Waals surface area contributed by atoms with Crippen molar-refractivity contribution < 1.29 is 13.5 Å². The number of alkyl halides is 2. The van der Waals surface area contributed by atoms with Gasteiger partial charge >= 0.3 is 0 Å². The van der Waals surface area contributed by atoms with E-state index in [1.165, 1.54) is 0 Å². The lowest BCUT2D eigenvalue weighted by Crippen LogP contribution is -2.53. The van der Waals surface area contributed by atoms with Crippen LogP contribution in [0.25, 0.3) is 0 Å². The van der Waals surface area contributed by atoms with Gasteiger partial charge in [-0.05, 0) is 5.56 Å². The van der Waals surface area contributed by atoms with Crippen LogP contribution >= 0.6 is 0 Å². The number of benzene rings is 1. The third-order valence-corrected chi connectivity index (χ3v) is 3.14. The Morgan fingerprint density at radius 3 is 2.72 bits per heavy atom. The predicted molar refractivity (Wildman–Crippen MR) is 65.5 cm³/mol. The fraction of sp³-hybridized carbons (Fsp3) is 0.538. The molecule has 0 spiro atoms. The van der Waals surface area contributed by atoms with Crippen LogP contribution in [0.15, 0.2) is 30.3 Å².